The molecule has 136 valence electrons. The molecule has 0 unspecified atom stereocenters. The van der Waals surface area contributed by atoms with Gasteiger partial charge in [0.25, 0.3) is 0 Å². The van der Waals surface area contributed by atoms with Crippen LogP contribution in [-0.2, 0) is 9.59 Å². The van der Waals surface area contributed by atoms with E-state index in [0.717, 1.165) is 18.5 Å². The van der Waals surface area contributed by atoms with Crippen molar-refractivity contribution in [3.8, 4) is 11.6 Å². The van der Waals surface area contributed by atoms with Gasteiger partial charge >= 0.3 is 0 Å². The summed E-state index contributed by atoms with van der Waals surface area (Å²) in [6.07, 6.45) is 8.10. The van der Waals surface area contributed by atoms with E-state index in [1.54, 1.807) is 35.8 Å². The van der Waals surface area contributed by atoms with Crippen LogP contribution in [0.25, 0.3) is 0 Å². The van der Waals surface area contributed by atoms with Crippen LogP contribution in [-0.4, -0.2) is 51.3 Å². The fraction of sp³-hybridized carbons (Fsp3) is 0.389. The molecule has 1 aliphatic rings. The number of carbonyl (C=O) groups excluding carboxylic acids is 2. The third kappa shape index (κ3) is 4.53. The summed E-state index contributed by atoms with van der Waals surface area (Å²) in [4.78, 5) is 37.6. The number of nitrogens with one attached hydrogen (secondary N) is 1. The van der Waals surface area contributed by atoms with Gasteiger partial charge in [-0.2, -0.15) is 0 Å². The highest BCUT2D eigenvalue weighted by molar-refractivity contribution is 5.83. The van der Waals surface area contributed by atoms with Crippen molar-refractivity contribution in [2.45, 2.75) is 25.7 Å². The Labute approximate surface area is 151 Å². The maximum atomic E-state index is 12.1. The Morgan fingerprint density at radius 3 is 2.69 bits per heavy atom. The Bertz CT molecular complexity index is 760. The molecule has 0 radical (unpaired) electrons. The molecule has 3 rings (SSSR count). The summed E-state index contributed by atoms with van der Waals surface area (Å²) in [5, 5.41) is 2.54. The molecule has 1 N–H and O–H groups in total. The molecule has 0 bridgehead atoms. The number of pyridine rings is 1. The second-order valence-electron chi connectivity index (χ2n) is 6.10. The lowest BCUT2D eigenvalue weighted by Crippen LogP contribution is -2.43. The zero-order valence-electron chi connectivity index (χ0n) is 14.6. The Hall–Kier alpha value is -3.03. The summed E-state index contributed by atoms with van der Waals surface area (Å²) >= 11 is 0. The second kappa shape index (κ2) is 8.37. The molecule has 8 heteroatoms. The number of amides is 2. The van der Waals surface area contributed by atoms with E-state index >= 15 is 0 Å². The Morgan fingerprint density at radius 1 is 1.23 bits per heavy atom. The number of aromatic nitrogens is 3. The van der Waals surface area contributed by atoms with E-state index in [1.807, 2.05) is 6.07 Å². The minimum absolute atomic E-state index is 0.0422. The monoisotopic (exact) mass is 355 g/mol. The van der Waals surface area contributed by atoms with Gasteiger partial charge in [-0.25, -0.2) is 4.98 Å². The van der Waals surface area contributed by atoms with Crippen LogP contribution in [0.4, 0.5) is 0 Å². The summed E-state index contributed by atoms with van der Waals surface area (Å²) in [5.41, 5.74) is 0.797. The van der Waals surface area contributed by atoms with Gasteiger partial charge in [-0.3, -0.25) is 19.6 Å². The van der Waals surface area contributed by atoms with Crippen LogP contribution in [0.3, 0.4) is 0 Å². The van der Waals surface area contributed by atoms with E-state index in [1.165, 1.54) is 6.92 Å². The van der Waals surface area contributed by atoms with Crippen molar-refractivity contribution >= 4 is 11.8 Å². The molecule has 0 spiro atoms. The average molecular weight is 355 g/mol. The molecule has 0 aliphatic carbocycles. The van der Waals surface area contributed by atoms with E-state index in [4.69, 9.17) is 4.74 Å². The molecule has 1 saturated heterocycles. The fourth-order valence-corrected chi connectivity index (χ4v) is 2.93. The van der Waals surface area contributed by atoms with Crippen LogP contribution in [0.1, 0.15) is 31.4 Å². The third-order valence-corrected chi connectivity index (χ3v) is 4.26. The molecule has 0 atom stereocenters. The number of nitrogens with zero attached hydrogens (tertiary/aromatic N) is 4. The molecule has 3 heterocycles. The van der Waals surface area contributed by atoms with Crippen molar-refractivity contribution < 1.29 is 14.3 Å². The van der Waals surface area contributed by atoms with Gasteiger partial charge in [-0.1, -0.05) is 0 Å². The van der Waals surface area contributed by atoms with Gasteiger partial charge in [0, 0.05) is 44.5 Å². The number of piperidine rings is 1. The highest BCUT2D eigenvalue weighted by Gasteiger charge is 2.27. The number of carbonyl (C=O) groups is 2. The number of hydrogen-bond donors (Lipinski definition) is 1. The van der Waals surface area contributed by atoms with E-state index in [2.05, 4.69) is 20.3 Å². The molecule has 2 aromatic heterocycles. The normalized spacial score (nSPS) is 14.7. The molecule has 1 fully saturated rings. The molecule has 2 amide bonds. The van der Waals surface area contributed by atoms with Gasteiger partial charge in [0.2, 0.25) is 17.7 Å². The Morgan fingerprint density at radius 2 is 2.00 bits per heavy atom. The summed E-state index contributed by atoms with van der Waals surface area (Å²) < 4.78 is 5.84. The average Bonchev–Trinajstić information content (AvgIpc) is 2.67. The lowest BCUT2D eigenvalue weighted by atomic mass is 9.93. The molecular weight excluding hydrogens is 334 g/mol. The van der Waals surface area contributed by atoms with Gasteiger partial charge in [0.1, 0.15) is 11.4 Å². The minimum atomic E-state index is -0.204. The zero-order chi connectivity index (χ0) is 18.4. The predicted molar refractivity (Wildman–Crippen MR) is 93.6 cm³/mol. The van der Waals surface area contributed by atoms with Crippen LogP contribution in [0.5, 0.6) is 11.6 Å². The Balaban J connectivity index is 1.63. The lowest BCUT2D eigenvalue weighted by Gasteiger charge is -2.32. The standard InChI is InChI=1S/C18H21N5O3/c1-13(24)22-12-16(25)23-9-4-14(5-10-23)17-18(21-8-7-20-17)26-15-3-2-6-19-11-15/h2-3,6-8,11,14H,4-5,9-10,12H2,1H3,(H,22,24). The third-order valence-electron chi connectivity index (χ3n) is 4.26. The fourth-order valence-electron chi connectivity index (χ4n) is 2.93. The van der Waals surface area contributed by atoms with Gasteiger partial charge < -0.3 is 15.0 Å². The van der Waals surface area contributed by atoms with Crippen LogP contribution in [0.15, 0.2) is 36.9 Å². The van der Waals surface area contributed by atoms with Crippen LogP contribution < -0.4 is 10.1 Å². The van der Waals surface area contributed by atoms with Crippen molar-refractivity contribution in [1.29, 1.82) is 0 Å². The summed E-state index contributed by atoms with van der Waals surface area (Å²) in [5.74, 6) is 0.982. The smallest absolute Gasteiger partial charge is 0.241 e. The van der Waals surface area contributed by atoms with E-state index in [-0.39, 0.29) is 24.3 Å². The minimum Gasteiger partial charge on any atom is -0.436 e. The highest BCUT2D eigenvalue weighted by atomic mass is 16.5. The maximum absolute atomic E-state index is 12.1. The van der Waals surface area contributed by atoms with Crippen LogP contribution in [0.2, 0.25) is 0 Å². The molecular formula is C18H21N5O3. The highest BCUT2D eigenvalue weighted by Crippen LogP contribution is 2.33. The number of ether oxygens (including phenoxy) is 1. The van der Waals surface area contributed by atoms with E-state index < -0.39 is 0 Å². The second-order valence-corrected chi connectivity index (χ2v) is 6.10. The molecule has 26 heavy (non-hydrogen) atoms. The number of hydrogen-bond acceptors (Lipinski definition) is 6. The summed E-state index contributed by atoms with van der Waals surface area (Å²) in [6.45, 7) is 2.68. The first-order valence-electron chi connectivity index (χ1n) is 8.54. The zero-order valence-corrected chi connectivity index (χ0v) is 14.6. The van der Waals surface area contributed by atoms with Crippen molar-refractivity contribution in [2.75, 3.05) is 19.6 Å². The first-order valence-corrected chi connectivity index (χ1v) is 8.54. The van der Waals surface area contributed by atoms with Crippen molar-refractivity contribution in [3.05, 3.63) is 42.6 Å². The van der Waals surface area contributed by atoms with E-state index in [0.29, 0.717) is 24.7 Å². The predicted octanol–water partition coefficient (Wildman–Crippen LogP) is 1.51. The van der Waals surface area contributed by atoms with Gasteiger partial charge in [-0.05, 0) is 25.0 Å². The maximum Gasteiger partial charge on any atom is 0.241 e. The van der Waals surface area contributed by atoms with Crippen LogP contribution >= 0.6 is 0 Å². The van der Waals surface area contributed by atoms with E-state index in [9.17, 15) is 9.59 Å². The quantitative estimate of drug-likeness (QED) is 0.873. The van der Waals surface area contributed by atoms with Gasteiger partial charge in [0.15, 0.2) is 0 Å². The molecule has 1 aliphatic heterocycles. The first-order chi connectivity index (χ1) is 12.6. The summed E-state index contributed by atoms with van der Waals surface area (Å²) in [6, 6.07) is 3.61. The molecule has 2 aromatic rings. The largest absolute Gasteiger partial charge is 0.436 e. The molecule has 0 saturated carbocycles. The topological polar surface area (TPSA) is 97.3 Å². The lowest BCUT2D eigenvalue weighted by molar-refractivity contribution is -0.133. The number of rotatable bonds is 5. The molecule has 0 aromatic carbocycles. The van der Waals surface area contributed by atoms with Gasteiger partial charge in [-0.15, -0.1) is 0 Å². The van der Waals surface area contributed by atoms with Gasteiger partial charge in [0.05, 0.1) is 12.7 Å². The van der Waals surface area contributed by atoms with Crippen molar-refractivity contribution in [2.24, 2.45) is 0 Å². The SMILES string of the molecule is CC(=O)NCC(=O)N1CCC(c2nccnc2Oc2cccnc2)CC1. The number of likely N-dealkylation sites (tertiary alicyclic amines) is 1. The molecule has 8 nitrogen and oxygen atoms in total. The van der Waals surface area contributed by atoms with Crippen LogP contribution in [0, 0.1) is 0 Å². The van der Waals surface area contributed by atoms with Crippen molar-refractivity contribution in [1.82, 2.24) is 25.2 Å². The Kier molecular flexibility index (Phi) is 5.73. The summed E-state index contributed by atoms with van der Waals surface area (Å²) in [7, 11) is 0. The van der Waals surface area contributed by atoms with Crippen molar-refractivity contribution in [3.63, 3.8) is 0 Å². The first kappa shape index (κ1) is 17.8.